The van der Waals surface area contributed by atoms with Crippen LogP contribution in [0.1, 0.15) is 16.8 Å². The van der Waals surface area contributed by atoms with E-state index in [2.05, 4.69) is 60.9 Å². The van der Waals surface area contributed by atoms with Crippen molar-refractivity contribution in [3.63, 3.8) is 0 Å². The van der Waals surface area contributed by atoms with Crippen molar-refractivity contribution in [3.05, 3.63) is 95.7 Å². The Hall–Kier alpha value is -4.59. The molecule has 8 nitrogen and oxygen atoms in total. The summed E-state index contributed by atoms with van der Waals surface area (Å²) in [5.74, 6) is 1.62. The van der Waals surface area contributed by atoms with Crippen molar-refractivity contribution in [1.29, 1.82) is 0 Å². The summed E-state index contributed by atoms with van der Waals surface area (Å²) in [5.41, 5.74) is 5.74. The Kier molecular flexibility index (Phi) is 5.16. The molecule has 0 atom stereocenters. The number of ether oxygens (including phenoxy) is 1. The number of oxazole rings is 1. The third-order valence-corrected chi connectivity index (χ3v) is 5.64. The van der Waals surface area contributed by atoms with Crippen LogP contribution in [0, 0.1) is 0 Å². The maximum atomic E-state index is 6.02. The van der Waals surface area contributed by atoms with Gasteiger partial charge in [0.2, 0.25) is 5.82 Å². The van der Waals surface area contributed by atoms with Gasteiger partial charge < -0.3 is 9.15 Å². The van der Waals surface area contributed by atoms with E-state index in [9.17, 15) is 0 Å². The van der Waals surface area contributed by atoms with Gasteiger partial charge in [-0.15, -0.1) is 5.10 Å². The topological polar surface area (TPSA) is 103 Å². The Morgan fingerprint density at radius 1 is 0.794 bits per heavy atom. The van der Waals surface area contributed by atoms with Crippen molar-refractivity contribution in [2.24, 2.45) is 0 Å². The molecule has 0 saturated carbocycles. The van der Waals surface area contributed by atoms with Crippen LogP contribution in [0.15, 0.2) is 83.3 Å². The first-order valence-electron chi connectivity index (χ1n) is 11.0. The Labute approximate surface area is 194 Å². The molecule has 8 heteroatoms. The van der Waals surface area contributed by atoms with Crippen molar-refractivity contribution >= 4 is 22.0 Å². The number of pyridine rings is 1. The number of aryl methyl sites for hydroxylation is 2. The highest BCUT2D eigenvalue weighted by Crippen LogP contribution is 2.23. The molecule has 3 aromatic heterocycles. The summed E-state index contributed by atoms with van der Waals surface area (Å²) in [6.45, 7) is 0.430. The van der Waals surface area contributed by atoms with Crippen molar-refractivity contribution in [2.75, 3.05) is 0 Å². The number of hydrogen-bond donors (Lipinski definition) is 1. The zero-order valence-corrected chi connectivity index (χ0v) is 18.2. The molecule has 0 amide bonds. The summed E-state index contributed by atoms with van der Waals surface area (Å²) in [5, 5.41) is 14.8. The third kappa shape index (κ3) is 4.21. The number of aromatic nitrogens is 6. The van der Waals surface area contributed by atoms with Crippen LogP contribution in [0.4, 0.5) is 0 Å². The molecule has 6 aromatic rings. The highest BCUT2D eigenvalue weighted by molar-refractivity contribution is 5.78. The number of benzene rings is 3. The first kappa shape index (κ1) is 20.0. The van der Waals surface area contributed by atoms with E-state index >= 15 is 0 Å². The predicted octanol–water partition coefficient (Wildman–Crippen LogP) is 4.92. The molecular formula is C26H20N6O2. The molecule has 0 aliphatic rings. The first-order valence-corrected chi connectivity index (χ1v) is 11.0. The quantitative estimate of drug-likeness (QED) is 0.370. The van der Waals surface area contributed by atoms with Crippen LogP contribution in [0.5, 0.6) is 5.75 Å². The van der Waals surface area contributed by atoms with Crippen LogP contribution in [-0.4, -0.2) is 30.6 Å². The lowest BCUT2D eigenvalue weighted by atomic mass is 10.0. The molecule has 3 aromatic carbocycles. The second-order valence-corrected chi connectivity index (χ2v) is 8.00. The second-order valence-electron chi connectivity index (χ2n) is 8.00. The van der Waals surface area contributed by atoms with Crippen LogP contribution >= 0.6 is 0 Å². The summed E-state index contributed by atoms with van der Waals surface area (Å²) >= 11 is 0. The Morgan fingerprint density at radius 3 is 2.62 bits per heavy atom. The number of nitrogens with one attached hydrogen (secondary N) is 1. The van der Waals surface area contributed by atoms with E-state index in [1.807, 2.05) is 48.5 Å². The number of rotatable bonds is 7. The minimum absolute atomic E-state index is 0.378. The normalized spacial score (nSPS) is 11.3. The first-order chi connectivity index (χ1) is 16.8. The molecule has 3 heterocycles. The molecule has 0 saturated heterocycles. The molecule has 166 valence electrons. The standard InChI is InChI=1S/C26H20N6O2/c1-2-7-22-19(5-1)11-12-20(27-22)16-33-21-6-3-4-17(14-21)8-9-18-10-13-23-24(15-18)34-26(28-23)25-29-31-32-30-25/h1-7,10-15H,8-9,16H2,(H,29,30,31,32). The Morgan fingerprint density at radius 2 is 1.71 bits per heavy atom. The number of nitrogens with zero attached hydrogens (tertiary/aromatic N) is 5. The smallest absolute Gasteiger partial charge is 0.267 e. The van der Waals surface area contributed by atoms with E-state index in [0.717, 1.165) is 46.3 Å². The van der Waals surface area contributed by atoms with Gasteiger partial charge in [0, 0.05) is 5.39 Å². The van der Waals surface area contributed by atoms with Crippen molar-refractivity contribution in [1.82, 2.24) is 30.6 Å². The predicted molar refractivity (Wildman–Crippen MR) is 127 cm³/mol. The molecule has 0 aliphatic carbocycles. The number of hydrogen-bond acceptors (Lipinski definition) is 7. The molecule has 0 bridgehead atoms. The minimum atomic E-state index is 0.378. The molecule has 0 aliphatic heterocycles. The van der Waals surface area contributed by atoms with Crippen molar-refractivity contribution in [2.45, 2.75) is 19.4 Å². The van der Waals surface area contributed by atoms with E-state index in [-0.39, 0.29) is 0 Å². The van der Waals surface area contributed by atoms with Crippen LogP contribution in [0.2, 0.25) is 0 Å². The zero-order chi connectivity index (χ0) is 22.7. The van der Waals surface area contributed by atoms with E-state index in [0.29, 0.717) is 23.9 Å². The molecular weight excluding hydrogens is 428 g/mol. The van der Waals surface area contributed by atoms with Gasteiger partial charge in [0.05, 0.1) is 11.2 Å². The second kappa shape index (κ2) is 8.74. The average Bonchev–Trinajstić information content (AvgIpc) is 3.56. The van der Waals surface area contributed by atoms with Crippen molar-refractivity contribution in [3.8, 4) is 17.5 Å². The fourth-order valence-electron chi connectivity index (χ4n) is 3.90. The van der Waals surface area contributed by atoms with Crippen LogP contribution in [-0.2, 0) is 19.4 Å². The Balaban J connectivity index is 1.11. The molecule has 0 spiro atoms. The van der Waals surface area contributed by atoms with E-state index < -0.39 is 0 Å². The van der Waals surface area contributed by atoms with E-state index in [1.165, 1.54) is 5.56 Å². The maximum Gasteiger partial charge on any atom is 0.267 e. The summed E-state index contributed by atoms with van der Waals surface area (Å²) < 4.78 is 11.8. The Bertz CT molecular complexity index is 1580. The number of aromatic amines is 1. The number of H-pyrrole nitrogens is 1. The van der Waals surface area contributed by atoms with Gasteiger partial charge in [0.1, 0.15) is 17.9 Å². The van der Waals surface area contributed by atoms with E-state index in [4.69, 9.17) is 9.15 Å². The SMILES string of the molecule is c1cc(CCc2ccc3nc(-c4nnn[nH]4)oc3c2)cc(OCc2ccc3ccccc3n2)c1. The van der Waals surface area contributed by atoms with Crippen LogP contribution < -0.4 is 4.74 Å². The largest absolute Gasteiger partial charge is 0.487 e. The molecule has 0 unspecified atom stereocenters. The lowest BCUT2D eigenvalue weighted by Crippen LogP contribution is -1.99. The highest BCUT2D eigenvalue weighted by Gasteiger charge is 2.12. The van der Waals surface area contributed by atoms with Gasteiger partial charge in [-0.05, 0) is 70.8 Å². The lowest BCUT2D eigenvalue weighted by Gasteiger charge is -2.09. The molecule has 6 rings (SSSR count). The van der Waals surface area contributed by atoms with Crippen LogP contribution in [0.25, 0.3) is 33.7 Å². The van der Waals surface area contributed by atoms with Gasteiger partial charge in [0.15, 0.2) is 5.58 Å². The van der Waals surface area contributed by atoms with E-state index in [1.54, 1.807) is 0 Å². The molecule has 0 radical (unpaired) electrons. The maximum absolute atomic E-state index is 6.02. The van der Waals surface area contributed by atoms with Gasteiger partial charge in [-0.1, -0.05) is 42.5 Å². The van der Waals surface area contributed by atoms with Crippen molar-refractivity contribution < 1.29 is 9.15 Å². The monoisotopic (exact) mass is 448 g/mol. The lowest BCUT2D eigenvalue weighted by molar-refractivity contribution is 0.301. The summed E-state index contributed by atoms with van der Waals surface area (Å²) in [4.78, 5) is 9.11. The van der Waals surface area contributed by atoms with Gasteiger partial charge >= 0.3 is 0 Å². The fourth-order valence-corrected chi connectivity index (χ4v) is 3.90. The molecule has 1 N–H and O–H groups in total. The zero-order valence-electron chi connectivity index (χ0n) is 18.2. The fraction of sp³-hybridized carbons (Fsp3) is 0.115. The molecule has 0 fully saturated rings. The third-order valence-electron chi connectivity index (χ3n) is 5.64. The minimum Gasteiger partial charge on any atom is -0.487 e. The van der Waals surface area contributed by atoms with Crippen LogP contribution in [0.3, 0.4) is 0 Å². The number of fused-ring (bicyclic) bond motifs is 2. The van der Waals surface area contributed by atoms with Gasteiger partial charge in [-0.3, -0.25) is 0 Å². The summed E-state index contributed by atoms with van der Waals surface area (Å²) in [6, 6.07) is 26.4. The van der Waals surface area contributed by atoms with Gasteiger partial charge in [-0.2, -0.15) is 0 Å². The number of tetrazole rings is 1. The summed E-state index contributed by atoms with van der Waals surface area (Å²) in [7, 11) is 0. The number of para-hydroxylation sites is 1. The summed E-state index contributed by atoms with van der Waals surface area (Å²) in [6.07, 6.45) is 1.75. The van der Waals surface area contributed by atoms with Gasteiger partial charge in [0.25, 0.3) is 5.89 Å². The highest BCUT2D eigenvalue weighted by atomic mass is 16.5. The average molecular weight is 448 g/mol. The molecule has 34 heavy (non-hydrogen) atoms. The van der Waals surface area contributed by atoms with Gasteiger partial charge in [-0.25, -0.2) is 15.1 Å².